The van der Waals surface area contributed by atoms with Crippen molar-refractivity contribution in [3.05, 3.63) is 89.2 Å². The van der Waals surface area contributed by atoms with Crippen LogP contribution in [-0.4, -0.2) is 20.6 Å². The van der Waals surface area contributed by atoms with Crippen LogP contribution in [0.25, 0.3) is 11.0 Å². The molecule has 0 spiro atoms. The number of imidazole rings is 1. The van der Waals surface area contributed by atoms with E-state index >= 15 is 0 Å². The first-order valence-electron chi connectivity index (χ1n) is 12.2. The minimum atomic E-state index is -0.149. The van der Waals surface area contributed by atoms with Gasteiger partial charge in [0.1, 0.15) is 11.6 Å². The van der Waals surface area contributed by atoms with Gasteiger partial charge in [0.25, 0.3) is 5.91 Å². The summed E-state index contributed by atoms with van der Waals surface area (Å²) in [7, 11) is 2.06. The van der Waals surface area contributed by atoms with Gasteiger partial charge in [0.05, 0.1) is 11.0 Å². The van der Waals surface area contributed by atoms with Crippen LogP contribution in [0.5, 0.6) is 5.75 Å². The molecule has 4 aromatic rings. The fourth-order valence-corrected chi connectivity index (χ4v) is 5.07. The summed E-state index contributed by atoms with van der Waals surface area (Å²) >= 11 is 0. The molecule has 5 heteroatoms. The number of rotatable bonds is 6. The maximum absolute atomic E-state index is 12.9. The molecule has 2 N–H and O–H groups in total. The molecule has 0 unspecified atom stereocenters. The zero-order valence-corrected chi connectivity index (χ0v) is 19.6. The van der Waals surface area contributed by atoms with Crippen molar-refractivity contribution >= 4 is 22.6 Å². The average Bonchev–Trinajstić information content (AvgIpc) is 3.20. The van der Waals surface area contributed by atoms with Gasteiger partial charge in [-0.25, -0.2) is 4.98 Å². The third-order valence-electron chi connectivity index (χ3n) is 7.06. The number of aromatic nitrogens is 2. The lowest BCUT2D eigenvalue weighted by Crippen LogP contribution is -2.13. The summed E-state index contributed by atoms with van der Waals surface area (Å²) in [5.41, 5.74) is 5.64. The number of anilines is 1. The molecule has 1 aliphatic rings. The van der Waals surface area contributed by atoms with E-state index in [-0.39, 0.29) is 5.91 Å². The number of hydrogen-bond acceptors (Lipinski definition) is 3. The number of carbonyl (C=O) groups is 1. The van der Waals surface area contributed by atoms with E-state index in [0.717, 1.165) is 53.8 Å². The highest BCUT2D eigenvalue weighted by Crippen LogP contribution is 2.37. The van der Waals surface area contributed by atoms with Crippen LogP contribution in [0.15, 0.2) is 66.7 Å². The van der Waals surface area contributed by atoms with E-state index < -0.39 is 0 Å². The summed E-state index contributed by atoms with van der Waals surface area (Å²) in [5.74, 6) is 1.56. The summed E-state index contributed by atoms with van der Waals surface area (Å²) < 4.78 is 2.16. The van der Waals surface area contributed by atoms with E-state index in [2.05, 4.69) is 35.1 Å². The van der Waals surface area contributed by atoms with E-state index in [4.69, 9.17) is 4.98 Å². The predicted molar refractivity (Wildman–Crippen MR) is 136 cm³/mol. The van der Waals surface area contributed by atoms with Crippen LogP contribution in [0.3, 0.4) is 0 Å². The summed E-state index contributed by atoms with van der Waals surface area (Å²) in [4.78, 5) is 17.6. The van der Waals surface area contributed by atoms with E-state index in [1.807, 2.05) is 36.4 Å². The second-order valence-electron chi connectivity index (χ2n) is 9.34. The summed E-state index contributed by atoms with van der Waals surface area (Å²) in [5, 5.41) is 13.3. The lowest BCUT2D eigenvalue weighted by molar-refractivity contribution is 0.102. The Balaban J connectivity index is 1.22. The second-order valence-corrected chi connectivity index (χ2v) is 9.34. The van der Waals surface area contributed by atoms with Crippen LogP contribution < -0.4 is 5.32 Å². The molecule has 1 aliphatic carbocycles. The molecule has 0 aliphatic heterocycles. The number of benzene rings is 3. The number of aromatic hydroxyl groups is 1. The van der Waals surface area contributed by atoms with E-state index in [1.54, 1.807) is 12.1 Å². The van der Waals surface area contributed by atoms with Crippen molar-refractivity contribution < 1.29 is 9.90 Å². The van der Waals surface area contributed by atoms with Crippen molar-refractivity contribution in [2.45, 2.75) is 50.9 Å². The monoisotopic (exact) mass is 453 g/mol. The average molecular weight is 454 g/mol. The molecule has 34 heavy (non-hydrogen) atoms. The zero-order chi connectivity index (χ0) is 23.5. The van der Waals surface area contributed by atoms with Gasteiger partial charge in [-0.05, 0) is 78.8 Å². The van der Waals surface area contributed by atoms with E-state index in [0.29, 0.717) is 17.2 Å². The molecule has 1 saturated carbocycles. The van der Waals surface area contributed by atoms with Gasteiger partial charge in [-0.2, -0.15) is 0 Å². The molecule has 5 rings (SSSR count). The topological polar surface area (TPSA) is 67.2 Å². The quantitative estimate of drug-likeness (QED) is 0.357. The lowest BCUT2D eigenvalue weighted by atomic mass is 9.83. The largest absolute Gasteiger partial charge is 0.508 e. The van der Waals surface area contributed by atoms with Crippen LogP contribution in [-0.2, 0) is 19.9 Å². The van der Waals surface area contributed by atoms with Gasteiger partial charge in [-0.15, -0.1) is 0 Å². The summed E-state index contributed by atoms with van der Waals surface area (Å²) in [6.45, 7) is 0. The standard InChI is InChI=1S/C29H31N3O2/c1-32-26-10-6-5-9-25(26)31-28(32)18-13-20-11-15-23(16-12-20)30-29(34)22-14-17-27(33)24(19-22)21-7-3-2-4-8-21/h5-6,9-12,14-17,19,21,33H,2-4,7-8,13,18H2,1H3,(H,30,34). The van der Waals surface area contributed by atoms with Crippen molar-refractivity contribution in [1.29, 1.82) is 0 Å². The number of nitrogens with one attached hydrogen (secondary N) is 1. The maximum Gasteiger partial charge on any atom is 0.255 e. The first kappa shape index (κ1) is 22.2. The normalized spacial score (nSPS) is 14.4. The Hall–Kier alpha value is -3.60. The molecular formula is C29H31N3O2. The van der Waals surface area contributed by atoms with Gasteiger partial charge in [0.2, 0.25) is 0 Å². The molecule has 1 aromatic heterocycles. The molecule has 0 bridgehead atoms. The molecule has 0 radical (unpaired) electrons. The first-order valence-corrected chi connectivity index (χ1v) is 12.2. The highest BCUT2D eigenvalue weighted by molar-refractivity contribution is 6.04. The Morgan fingerprint density at radius 3 is 2.53 bits per heavy atom. The van der Waals surface area contributed by atoms with Crippen LogP contribution >= 0.6 is 0 Å². The molecule has 1 amide bonds. The SMILES string of the molecule is Cn1c(CCc2ccc(NC(=O)c3ccc(O)c(C4CCCCC4)c3)cc2)nc2ccccc21. The molecule has 0 atom stereocenters. The van der Waals surface area contributed by atoms with Gasteiger partial charge in [0.15, 0.2) is 0 Å². The van der Waals surface area contributed by atoms with E-state index in [9.17, 15) is 9.90 Å². The summed E-state index contributed by atoms with van der Waals surface area (Å²) in [6, 6.07) is 21.4. The fraction of sp³-hybridized carbons (Fsp3) is 0.310. The van der Waals surface area contributed by atoms with Crippen molar-refractivity contribution in [1.82, 2.24) is 9.55 Å². The molecule has 5 nitrogen and oxygen atoms in total. The Morgan fingerprint density at radius 1 is 1.00 bits per heavy atom. The number of carbonyl (C=O) groups excluding carboxylic acids is 1. The number of hydrogen-bond donors (Lipinski definition) is 2. The minimum Gasteiger partial charge on any atom is -0.508 e. The predicted octanol–water partition coefficient (Wildman–Crippen LogP) is 6.36. The van der Waals surface area contributed by atoms with Crippen molar-refractivity contribution in [3.8, 4) is 5.75 Å². The Morgan fingerprint density at radius 2 is 1.76 bits per heavy atom. The third kappa shape index (κ3) is 4.69. The van der Waals surface area contributed by atoms with Gasteiger partial charge in [0, 0.05) is 24.7 Å². The number of nitrogens with zero attached hydrogens (tertiary/aromatic N) is 2. The van der Waals surface area contributed by atoms with Gasteiger partial charge in [-0.3, -0.25) is 4.79 Å². The molecule has 1 heterocycles. The second kappa shape index (κ2) is 9.72. The number of para-hydroxylation sites is 2. The van der Waals surface area contributed by atoms with Gasteiger partial charge < -0.3 is 15.0 Å². The minimum absolute atomic E-state index is 0.149. The number of fused-ring (bicyclic) bond motifs is 1. The molecular weight excluding hydrogens is 422 g/mol. The van der Waals surface area contributed by atoms with Crippen LogP contribution in [0, 0.1) is 0 Å². The van der Waals surface area contributed by atoms with Crippen LogP contribution in [0.2, 0.25) is 0 Å². The Kier molecular flexibility index (Phi) is 6.35. The van der Waals surface area contributed by atoms with Crippen molar-refractivity contribution in [3.63, 3.8) is 0 Å². The number of phenols is 1. The first-order chi connectivity index (χ1) is 16.6. The maximum atomic E-state index is 12.9. The van der Waals surface area contributed by atoms with Crippen LogP contribution in [0.1, 0.15) is 65.3 Å². The highest BCUT2D eigenvalue weighted by atomic mass is 16.3. The van der Waals surface area contributed by atoms with Crippen molar-refractivity contribution in [2.24, 2.45) is 7.05 Å². The van der Waals surface area contributed by atoms with Crippen LogP contribution in [0.4, 0.5) is 5.69 Å². The molecule has 1 fully saturated rings. The number of aryl methyl sites for hydroxylation is 3. The van der Waals surface area contributed by atoms with E-state index in [1.165, 1.54) is 24.8 Å². The van der Waals surface area contributed by atoms with Crippen molar-refractivity contribution in [2.75, 3.05) is 5.32 Å². The number of phenolic OH excluding ortho intramolecular Hbond substituents is 1. The number of amides is 1. The molecule has 174 valence electrons. The highest BCUT2D eigenvalue weighted by Gasteiger charge is 2.20. The fourth-order valence-electron chi connectivity index (χ4n) is 5.07. The Bertz CT molecular complexity index is 1300. The summed E-state index contributed by atoms with van der Waals surface area (Å²) in [6.07, 6.45) is 7.52. The third-order valence-corrected chi connectivity index (χ3v) is 7.06. The molecule has 3 aromatic carbocycles. The lowest BCUT2D eigenvalue weighted by Gasteiger charge is -2.23. The smallest absolute Gasteiger partial charge is 0.255 e. The Labute approximate surface area is 200 Å². The zero-order valence-electron chi connectivity index (χ0n) is 19.6. The van der Waals surface area contributed by atoms with Gasteiger partial charge >= 0.3 is 0 Å². The van der Waals surface area contributed by atoms with Gasteiger partial charge in [-0.1, -0.05) is 43.5 Å². The molecule has 0 saturated heterocycles.